The molecule has 0 saturated heterocycles. The summed E-state index contributed by atoms with van der Waals surface area (Å²) in [5.41, 5.74) is 2.38. The monoisotopic (exact) mass is 354 g/mol. The fourth-order valence-corrected chi connectivity index (χ4v) is 3.47. The Labute approximate surface area is 130 Å². The van der Waals surface area contributed by atoms with E-state index in [4.69, 9.17) is 0 Å². The fraction of sp³-hybridized carbons (Fsp3) is 0.286. The molecule has 1 aromatic carbocycles. The van der Waals surface area contributed by atoms with Gasteiger partial charge in [-0.3, -0.25) is 10.1 Å². The third-order valence-electron chi connectivity index (χ3n) is 2.99. The minimum Gasteiger partial charge on any atom is -0.308 e. The molecule has 0 unspecified atom stereocenters. The van der Waals surface area contributed by atoms with Crippen molar-refractivity contribution in [2.24, 2.45) is 0 Å². The number of aryl methyl sites for hydroxylation is 1. The Morgan fingerprint density at radius 2 is 2.15 bits per heavy atom. The number of nitrogens with one attached hydrogen (secondary N) is 1. The van der Waals surface area contributed by atoms with Crippen LogP contribution in [0.1, 0.15) is 22.9 Å². The zero-order chi connectivity index (χ0) is 14.5. The summed E-state index contributed by atoms with van der Waals surface area (Å²) in [7, 11) is 0. The molecular formula is C14H15BrN2O2S. The first kappa shape index (κ1) is 15.2. The Balaban J connectivity index is 1.99. The van der Waals surface area contributed by atoms with Gasteiger partial charge in [0.1, 0.15) is 0 Å². The summed E-state index contributed by atoms with van der Waals surface area (Å²) in [6.45, 7) is 3.55. The highest BCUT2D eigenvalue weighted by Gasteiger charge is 2.09. The lowest BCUT2D eigenvalue weighted by Gasteiger charge is -2.06. The van der Waals surface area contributed by atoms with E-state index in [-0.39, 0.29) is 10.6 Å². The van der Waals surface area contributed by atoms with Crippen LogP contribution in [0, 0.1) is 10.1 Å². The van der Waals surface area contributed by atoms with Gasteiger partial charge < -0.3 is 5.32 Å². The Kier molecular flexibility index (Phi) is 5.28. The van der Waals surface area contributed by atoms with Crippen molar-refractivity contribution in [3.8, 4) is 0 Å². The summed E-state index contributed by atoms with van der Waals surface area (Å²) >= 11 is 5.05. The second-order valence-corrected chi connectivity index (χ2v) is 6.32. The van der Waals surface area contributed by atoms with Crippen LogP contribution in [0.4, 0.5) is 5.69 Å². The first-order chi connectivity index (χ1) is 9.60. The van der Waals surface area contributed by atoms with Crippen molar-refractivity contribution >= 4 is 33.0 Å². The number of hydrogen-bond acceptors (Lipinski definition) is 4. The van der Waals surface area contributed by atoms with Gasteiger partial charge in [-0.2, -0.15) is 0 Å². The Morgan fingerprint density at radius 3 is 2.85 bits per heavy atom. The molecule has 0 spiro atoms. The van der Waals surface area contributed by atoms with Crippen molar-refractivity contribution < 1.29 is 4.92 Å². The van der Waals surface area contributed by atoms with Crippen LogP contribution in [-0.2, 0) is 19.5 Å². The minimum atomic E-state index is -0.372. The molecule has 1 heterocycles. The molecule has 0 fully saturated rings. The number of halogens is 1. The standard InChI is InChI=1S/C14H15BrN2O2S/c1-2-11-3-4-20-14(11)9-16-8-10-5-12(15)7-13(6-10)17(18)19/h3-7,16H,2,8-9H2,1H3. The zero-order valence-electron chi connectivity index (χ0n) is 11.1. The number of hydrogen-bond donors (Lipinski definition) is 1. The normalized spacial score (nSPS) is 10.7. The highest BCUT2D eigenvalue weighted by Crippen LogP contribution is 2.22. The van der Waals surface area contributed by atoms with Gasteiger partial charge in [-0.1, -0.05) is 22.9 Å². The molecule has 1 N–H and O–H groups in total. The number of nitro benzene ring substituents is 1. The maximum Gasteiger partial charge on any atom is 0.270 e. The number of nitro groups is 1. The van der Waals surface area contributed by atoms with E-state index in [0.717, 1.165) is 23.0 Å². The first-order valence-electron chi connectivity index (χ1n) is 6.30. The fourth-order valence-electron chi connectivity index (χ4n) is 2.00. The topological polar surface area (TPSA) is 55.2 Å². The Hall–Kier alpha value is -1.24. The molecule has 0 atom stereocenters. The predicted molar refractivity (Wildman–Crippen MR) is 85.0 cm³/mol. The summed E-state index contributed by atoms with van der Waals surface area (Å²) in [6.07, 6.45) is 1.03. The van der Waals surface area contributed by atoms with E-state index in [0.29, 0.717) is 6.54 Å². The van der Waals surface area contributed by atoms with Crippen molar-refractivity contribution in [1.29, 1.82) is 0 Å². The van der Waals surface area contributed by atoms with Crippen molar-refractivity contribution in [3.63, 3.8) is 0 Å². The Bertz CT molecular complexity index is 613. The lowest BCUT2D eigenvalue weighted by molar-refractivity contribution is -0.385. The zero-order valence-corrected chi connectivity index (χ0v) is 13.5. The molecule has 106 valence electrons. The number of nitrogens with zero attached hydrogens (tertiary/aromatic N) is 1. The molecule has 0 saturated carbocycles. The third-order valence-corrected chi connectivity index (χ3v) is 4.41. The molecule has 4 nitrogen and oxygen atoms in total. The van der Waals surface area contributed by atoms with Crippen molar-refractivity contribution in [2.45, 2.75) is 26.4 Å². The van der Waals surface area contributed by atoms with Crippen LogP contribution in [0.3, 0.4) is 0 Å². The van der Waals surface area contributed by atoms with E-state index in [1.165, 1.54) is 16.5 Å². The molecule has 1 aromatic heterocycles. The Morgan fingerprint density at radius 1 is 1.35 bits per heavy atom. The molecular weight excluding hydrogens is 340 g/mol. The van der Waals surface area contributed by atoms with Crippen LogP contribution in [0.5, 0.6) is 0 Å². The smallest absolute Gasteiger partial charge is 0.270 e. The average Bonchev–Trinajstić information content (AvgIpc) is 2.85. The lowest BCUT2D eigenvalue weighted by atomic mass is 10.2. The van der Waals surface area contributed by atoms with Gasteiger partial charge in [0, 0.05) is 34.6 Å². The van der Waals surface area contributed by atoms with Crippen LogP contribution in [0.2, 0.25) is 0 Å². The van der Waals surface area contributed by atoms with E-state index in [9.17, 15) is 10.1 Å². The van der Waals surface area contributed by atoms with Gasteiger partial charge in [0.15, 0.2) is 0 Å². The lowest BCUT2D eigenvalue weighted by Crippen LogP contribution is -2.12. The molecule has 0 radical (unpaired) electrons. The maximum atomic E-state index is 10.8. The van der Waals surface area contributed by atoms with Crippen LogP contribution in [0.15, 0.2) is 34.1 Å². The van der Waals surface area contributed by atoms with Crippen LogP contribution < -0.4 is 5.32 Å². The number of rotatable bonds is 6. The minimum absolute atomic E-state index is 0.113. The highest BCUT2D eigenvalue weighted by molar-refractivity contribution is 9.10. The van der Waals surface area contributed by atoms with E-state index < -0.39 is 0 Å². The van der Waals surface area contributed by atoms with Crippen LogP contribution >= 0.6 is 27.3 Å². The van der Waals surface area contributed by atoms with Gasteiger partial charge >= 0.3 is 0 Å². The average molecular weight is 355 g/mol. The second-order valence-electron chi connectivity index (χ2n) is 4.40. The summed E-state index contributed by atoms with van der Waals surface area (Å²) in [5.74, 6) is 0. The van der Waals surface area contributed by atoms with Crippen molar-refractivity contribution in [2.75, 3.05) is 0 Å². The molecule has 2 aromatic rings. The van der Waals surface area contributed by atoms with E-state index in [2.05, 4.69) is 39.6 Å². The SMILES string of the molecule is CCc1ccsc1CNCc1cc(Br)cc([N+](=O)[O-])c1. The number of benzene rings is 1. The second kappa shape index (κ2) is 6.97. The van der Waals surface area contributed by atoms with E-state index in [1.807, 2.05) is 6.07 Å². The van der Waals surface area contributed by atoms with Crippen molar-refractivity contribution in [3.05, 3.63) is 60.2 Å². The molecule has 0 bridgehead atoms. The van der Waals surface area contributed by atoms with Crippen LogP contribution in [-0.4, -0.2) is 4.92 Å². The summed E-state index contributed by atoms with van der Waals surface area (Å²) in [6, 6.07) is 7.16. The predicted octanol–water partition coefficient (Wildman–Crippen LogP) is 4.27. The first-order valence-corrected chi connectivity index (χ1v) is 7.97. The summed E-state index contributed by atoms with van der Waals surface area (Å²) in [5, 5.41) is 16.3. The van der Waals surface area contributed by atoms with Gasteiger partial charge in [0.25, 0.3) is 5.69 Å². The van der Waals surface area contributed by atoms with Crippen LogP contribution in [0.25, 0.3) is 0 Å². The van der Waals surface area contributed by atoms with Gasteiger partial charge in [-0.25, -0.2) is 0 Å². The molecule has 0 aliphatic carbocycles. The van der Waals surface area contributed by atoms with Gasteiger partial charge in [0.05, 0.1) is 4.92 Å². The van der Waals surface area contributed by atoms with Gasteiger partial charge in [-0.15, -0.1) is 11.3 Å². The van der Waals surface area contributed by atoms with Gasteiger partial charge in [-0.05, 0) is 35.1 Å². The van der Waals surface area contributed by atoms with Crippen molar-refractivity contribution in [1.82, 2.24) is 5.32 Å². The third kappa shape index (κ3) is 3.88. The molecule has 6 heteroatoms. The summed E-state index contributed by atoms with van der Waals surface area (Å²) in [4.78, 5) is 11.8. The molecule has 0 amide bonds. The highest BCUT2D eigenvalue weighted by atomic mass is 79.9. The maximum absolute atomic E-state index is 10.8. The number of non-ortho nitro benzene ring substituents is 1. The molecule has 20 heavy (non-hydrogen) atoms. The molecule has 0 aliphatic heterocycles. The summed E-state index contributed by atoms with van der Waals surface area (Å²) < 4.78 is 0.730. The van der Waals surface area contributed by atoms with Gasteiger partial charge in [0.2, 0.25) is 0 Å². The molecule has 2 rings (SSSR count). The van der Waals surface area contributed by atoms with E-state index in [1.54, 1.807) is 17.4 Å². The largest absolute Gasteiger partial charge is 0.308 e. The van der Waals surface area contributed by atoms with E-state index >= 15 is 0 Å². The number of thiophene rings is 1. The quantitative estimate of drug-likeness (QED) is 0.622. The molecule has 0 aliphatic rings.